The van der Waals surface area contributed by atoms with Crippen LogP contribution in [0.2, 0.25) is 0 Å². The number of primary amides is 1. The normalized spacial score (nSPS) is 14.2. The molecule has 0 aromatic heterocycles. The number of carboxylic acid groups (broad SMARTS) is 1. The first-order valence-electron chi connectivity index (χ1n) is 13.6. The molecule has 0 fully saturated rings. The number of nitrogens with two attached hydrogens (primary N) is 2. The molecule has 5 atom stereocenters. The van der Waals surface area contributed by atoms with Crippen molar-refractivity contribution >= 4 is 35.5 Å². The molecule has 10 N–H and O–H groups in total. The number of hydrogen-bond acceptors (Lipinski definition) is 8. The molecule has 0 unspecified atom stereocenters. The van der Waals surface area contributed by atoms with Crippen molar-refractivity contribution in [2.75, 3.05) is 6.61 Å². The van der Waals surface area contributed by atoms with Gasteiger partial charge in [0.25, 0.3) is 0 Å². The van der Waals surface area contributed by atoms with Crippen LogP contribution < -0.4 is 32.7 Å². The van der Waals surface area contributed by atoms with Crippen molar-refractivity contribution in [3.8, 4) is 0 Å². The quantitative estimate of drug-likeness (QED) is 0.101. The standard InChI is InChI=1S/C29H38N6O8/c1-17(25(38)33-21(29(42)43)12-13-24(31)37)32-28(41)23(16-36)35-27(40)22(15-19-10-6-3-7-11-19)34-26(39)20(30)14-18-8-4-2-5-9-18/h2-11,17,20-23,36H,12-16,30H2,1H3,(H2,31,37)(H,32,41)(H,33,38)(H,34,39)(H,35,40)(H,42,43)/t17-,20-,21-,22-,23-/m0/s1. The molecule has 14 nitrogen and oxygen atoms in total. The fourth-order valence-electron chi connectivity index (χ4n) is 3.99. The van der Waals surface area contributed by atoms with Gasteiger partial charge in [0.05, 0.1) is 12.6 Å². The minimum absolute atomic E-state index is 0.0525. The molecule has 0 aliphatic heterocycles. The van der Waals surface area contributed by atoms with Crippen LogP contribution in [0.5, 0.6) is 0 Å². The molecule has 0 heterocycles. The number of aliphatic hydroxyl groups excluding tert-OH is 1. The van der Waals surface area contributed by atoms with Crippen LogP contribution in [0.4, 0.5) is 0 Å². The van der Waals surface area contributed by atoms with E-state index < -0.39 is 72.3 Å². The van der Waals surface area contributed by atoms with Crippen molar-refractivity contribution in [3.63, 3.8) is 0 Å². The summed E-state index contributed by atoms with van der Waals surface area (Å²) in [5.74, 6) is -5.35. The highest BCUT2D eigenvalue weighted by atomic mass is 16.4. The maximum Gasteiger partial charge on any atom is 0.326 e. The predicted octanol–water partition coefficient (Wildman–Crippen LogP) is -1.90. The zero-order chi connectivity index (χ0) is 31.9. The van der Waals surface area contributed by atoms with E-state index in [-0.39, 0.29) is 25.7 Å². The Morgan fingerprint density at radius 2 is 1.19 bits per heavy atom. The number of carbonyl (C=O) groups is 6. The van der Waals surface area contributed by atoms with Crippen molar-refractivity contribution in [3.05, 3.63) is 71.8 Å². The fourth-order valence-corrected chi connectivity index (χ4v) is 3.99. The average Bonchev–Trinajstić information content (AvgIpc) is 2.97. The van der Waals surface area contributed by atoms with Crippen LogP contribution in [0.1, 0.15) is 30.9 Å². The number of aliphatic hydroxyl groups is 1. The third-order valence-corrected chi connectivity index (χ3v) is 6.41. The Bertz CT molecular complexity index is 1260. The second kappa shape index (κ2) is 17.2. The largest absolute Gasteiger partial charge is 0.480 e. The lowest BCUT2D eigenvalue weighted by Crippen LogP contribution is -2.59. The van der Waals surface area contributed by atoms with Gasteiger partial charge < -0.3 is 42.9 Å². The summed E-state index contributed by atoms with van der Waals surface area (Å²) in [6.45, 7) is 0.421. The number of nitrogens with one attached hydrogen (secondary N) is 4. The molecule has 0 saturated heterocycles. The molecule has 5 amide bonds. The molecule has 0 bridgehead atoms. The molecule has 232 valence electrons. The lowest BCUT2D eigenvalue weighted by Gasteiger charge is -2.25. The molecule has 0 spiro atoms. The smallest absolute Gasteiger partial charge is 0.326 e. The Kier molecular flexibility index (Phi) is 13.8. The van der Waals surface area contributed by atoms with E-state index in [9.17, 15) is 39.0 Å². The van der Waals surface area contributed by atoms with Gasteiger partial charge in [0.1, 0.15) is 24.2 Å². The fraction of sp³-hybridized carbons (Fsp3) is 0.379. The van der Waals surface area contributed by atoms with E-state index in [1.165, 1.54) is 6.92 Å². The number of amides is 5. The van der Waals surface area contributed by atoms with E-state index in [0.717, 1.165) is 5.56 Å². The molecular weight excluding hydrogens is 560 g/mol. The topological polar surface area (TPSA) is 243 Å². The van der Waals surface area contributed by atoms with E-state index in [4.69, 9.17) is 11.5 Å². The van der Waals surface area contributed by atoms with Crippen LogP contribution in [0.15, 0.2) is 60.7 Å². The second-order valence-electron chi connectivity index (χ2n) is 9.93. The first-order chi connectivity index (χ1) is 20.4. The van der Waals surface area contributed by atoms with E-state index in [2.05, 4.69) is 21.3 Å². The summed E-state index contributed by atoms with van der Waals surface area (Å²) in [4.78, 5) is 73.9. The first kappa shape index (κ1) is 34.4. The van der Waals surface area contributed by atoms with E-state index in [0.29, 0.717) is 5.56 Å². The van der Waals surface area contributed by atoms with Gasteiger partial charge in [0.15, 0.2) is 0 Å². The summed E-state index contributed by atoms with van der Waals surface area (Å²) in [7, 11) is 0. The summed E-state index contributed by atoms with van der Waals surface area (Å²) in [6.07, 6.45) is -0.263. The summed E-state index contributed by atoms with van der Waals surface area (Å²) < 4.78 is 0. The van der Waals surface area contributed by atoms with Gasteiger partial charge in [-0.1, -0.05) is 60.7 Å². The Morgan fingerprint density at radius 3 is 1.70 bits per heavy atom. The van der Waals surface area contributed by atoms with Gasteiger partial charge in [-0.2, -0.15) is 0 Å². The zero-order valence-electron chi connectivity index (χ0n) is 23.7. The van der Waals surface area contributed by atoms with Crippen molar-refractivity contribution in [2.45, 2.75) is 62.8 Å². The van der Waals surface area contributed by atoms with E-state index >= 15 is 0 Å². The highest BCUT2D eigenvalue weighted by Crippen LogP contribution is 2.07. The number of aliphatic carboxylic acids is 1. The molecule has 2 aromatic carbocycles. The van der Waals surface area contributed by atoms with Gasteiger partial charge in [-0.05, 0) is 30.9 Å². The summed E-state index contributed by atoms with van der Waals surface area (Å²) in [5.41, 5.74) is 12.7. The Labute approximate surface area is 248 Å². The first-order valence-corrected chi connectivity index (χ1v) is 13.6. The second-order valence-corrected chi connectivity index (χ2v) is 9.93. The number of benzene rings is 2. The third-order valence-electron chi connectivity index (χ3n) is 6.41. The van der Waals surface area contributed by atoms with Crippen LogP contribution >= 0.6 is 0 Å². The zero-order valence-corrected chi connectivity index (χ0v) is 23.7. The minimum Gasteiger partial charge on any atom is -0.480 e. The average molecular weight is 599 g/mol. The number of carbonyl (C=O) groups excluding carboxylic acids is 5. The van der Waals surface area contributed by atoms with Gasteiger partial charge in [-0.25, -0.2) is 4.79 Å². The summed E-state index contributed by atoms with van der Waals surface area (Å²) in [6, 6.07) is 11.5. The molecule has 0 saturated carbocycles. The van der Waals surface area contributed by atoms with Crippen LogP contribution in [0, 0.1) is 0 Å². The Balaban J connectivity index is 2.07. The van der Waals surface area contributed by atoms with Gasteiger partial charge in [0.2, 0.25) is 29.5 Å². The minimum atomic E-state index is -1.51. The number of rotatable bonds is 17. The predicted molar refractivity (Wildman–Crippen MR) is 155 cm³/mol. The van der Waals surface area contributed by atoms with Crippen molar-refractivity contribution in [1.29, 1.82) is 0 Å². The van der Waals surface area contributed by atoms with E-state index in [1.54, 1.807) is 30.3 Å². The molecule has 0 radical (unpaired) electrons. The van der Waals surface area contributed by atoms with Crippen molar-refractivity contribution in [1.82, 2.24) is 21.3 Å². The molecule has 14 heteroatoms. The van der Waals surface area contributed by atoms with Crippen molar-refractivity contribution in [2.24, 2.45) is 11.5 Å². The summed E-state index contributed by atoms with van der Waals surface area (Å²) in [5, 5.41) is 28.6. The van der Waals surface area contributed by atoms with Crippen LogP contribution in [-0.4, -0.2) is 82.5 Å². The van der Waals surface area contributed by atoms with E-state index in [1.807, 2.05) is 30.3 Å². The lowest BCUT2D eigenvalue weighted by molar-refractivity contribution is -0.142. The van der Waals surface area contributed by atoms with Crippen LogP contribution in [-0.2, 0) is 41.6 Å². The highest BCUT2D eigenvalue weighted by molar-refractivity contribution is 5.95. The maximum absolute atomic E-state index is 13.3. The maximum atomic E-state index is 13.3. The highest BCUT2D eigenvalue weighted by Gasteiger charge is 2.30. The lowest BCUT2D eigenvalue weighted by atomic mass is 10.0. The van der Waals surface area contributed by atoms with Crippen LogP contribution in [0.3, 0.4) is 0 Å². The van der Waals surface area contributed by atoms with Crippen molar-refractivity contribution < 1.29 is 39.0 Å². The molecule has 43 heavy (non-hydrogen) atoms. The van der Waals surface area contributed by atoms with Gasteiger partial charge in [-0.15, -0.1) is 0 Å². The molecular formula is C29H38N6O8. The molecule has 0 aliphatic rings. The van der Waals surface area contributed by atoms with Gasteiger partial charge in [0, 0.05) is 12.8 Å². The van der Waals surface area contributed by atoms with Gasteiger partial charge in [-0.3, -0.25) is 24.0 Å². The number of carboxylic acids is 1. The Hall–Kier alpha value is -4.82. The van der Waals surface area contributed by atoms with Crippen LogP contribution in [0.25, 0.3) is 0 Å². The number of hydrogen-bond donors (Lipinski definition) is 8. The Morgan fingerprint density at radius 1 is 0.698 bits per heavy atom. The molecule has 0 aliphatic carbocycles. The monoisotopic (exact) mass is 598 g/mol. The molecule has 2 rings (SSSR count). The third kappa shape index (κ3) is 11.9. The SMILES string of the molecule is C[C@H](NC(=O)[C@H](CO)NC(=O)[C@H](Cc1ccccc1)NC(=O)[C@@H](N)Cc1ccccc1)C(=O)N[C@@H](CCC(N)=O)C(=O)O. The molecule has 2 aromatic rings. The summed E-state index contributed by atoms with van der Waals surface area (Å²) >= 11 is 0. The van der Waals surface area contributed by atoms with Gasteiger partial charge >= 0.3 is 5.97 Å².